The molecule has 2 aromatic rings. The smallest absolute Gasteiger partial charge is 0.292 e. The molecule has 0 bridgehead atoms. The number of benzene rings is 1. The normalized spacial score (nSPS) is 10.3. The van der Waals surface area contributed by atoms with Gasteiger partial charge in [0.1, 0.15) is 11.5 Å². The summed E-state index contributed by atoms with van der Waals surface area (Å²) in [5.74, 6) is 0.826. The SMILES string of the molecule is O=[N+]([O-])c1ccc(Cl)cc1NCCc1ncc[nH]1. The molecule has 6 nitrogen and oxygen atoms in total. The van der Waals surface area contributed by atoms with E-state index in [2.05, 4.69) is 15.3 Å². The van der Waals surface area contributed by atoms with Gasteiger partial charge in [-0.3, -0.25) is 10.1 Å². The maximum absolute atomic E-state index is 10.8. The molecule has 2 N–H and O–H groups in total. The second kappa shape index (κ2) is 5.50. The van der Waals surface area contributed by atoms with Crippen molar-refractivity contribution in [3.63, 3.8) is 0 Å². The Morgan fingerprint density at radius 1 is 1.50 bits per heavy atom. The Bertz CT molecular complexity index is 542. The van der Waals surface area contributed by atoms with Crippen LogP contribution in [0.4, 0.5) is 11.4 Å². The quantitative estimate of drug-likeness (QED) is 0.644. The summed E-state index contributed by atoms with van der Waals surface area (Å²) in [7, 11) is 0. The van der Waals surface area contributed by atoms with Gasteiger partial charge in [-0.25, -0.2) is 4.98 Å². The van der Waals surface area contributed by atoms with E-state index in [1.54, 1.807) is 18.5 Å². The minimum Gasteiger partial charge on any atom is -0.379 e. The lowest BCUT2D eigenvalue weighted by Gasteiger charge is -2.06. The van der Waals surface area contributed by atoms with Crippen molar-refractivity contribution in [2.75, 3.05) is 11.9 Å². The molecule has 0 saturated heterocycles. The summed E-state index contributed by atoms with van der Waals surface area (Å²) in [5, 5.41) is 14.3. The molecule has 7 heteroatoms. The van der Waals surface area contributed by atoms with E-state index in [1.165, 1.54) is 12.1 Å². The molecular formula is C11H11ClN4O2. The first-order chi connectivity index (χ1) is 8.66. The highest BCUT2D eigenvalue weighted by atomic mass is 35.5. The minimum atomic E-state index is -0.439. The Kier molecular flexibility index (Phi) is 3.78. The largest absolute Gasteiger partial charge is 0.379 e. The fourth-order valence-electron chi connectivity index (χ4n) is 1.56. The number of nitrogens with zero attached hydrogens (tertiary/aromatic N) is 2. The maximum Gasteiger partial charge on any atom is 0.292 e. The summed E-state index contributed by atoms with van der Waals surface area (Å²) < 4.78 is 0. The number of hydrogen-bond donors (Lipinski definition) is 2. The molecule has 0 aliphatic rings. The van der Waals surface area contributed by atoms with Gasteiger partial charge in [0.2, 0.25) is 0 Å². The van der Waals surface area contributed by atoms with E-state index in [9.17, 15) is 10.1 Å². The van der Waals surface area contributed by atoms with Crippen molar-refractivity contribution in [3.8, 4) is 0 Å². The second-order valence-electron chi connectivity index (χ2n) is 3.63. The molecule has 0 fully saturated rings. The number of hydrogen-bond acceptors (Lipinski definition) is 4. The van der Waals surface area contributed by atoms with Crippen LogP contribution in [0.3, 0.4) is 0 Å². The van der Waals surface area contributed by atoms with Crippen molar-refractivity contribution in [1.29, 1.82) is 0 Å². The minimum absolute atomic E-state index is 0.0128. The van der Waals surface area contributed by atoms with Crippen molar-refractivity contribution >= 4 is 23.0 Å². The number of nitrogens with one attached hydrogen (secondary N) is 2. The molecule has 94 valence electrons. The molecule has 2 rings (SSSR count). The summed E-state index contributed by atoms with van der Waals surface area (Å²) >= 11 is 5.82. The first-order valence-corrected chi connectivity index (χ1v) is 5.70. The molecule has 0 unspecified atom stereocenters. The van der Waals surface area contributed by atoms with Crippen LogP contribution < -0.4 is 5.32 Å². The van der Waals surface area contributed by atoms with Gasteiger partial charge in [-0.1, -0.05) is 11.6 Å². The van der Waals surface area contributed by atoms with Crippen molar-refractivity contribution in [2.24, 2.45) is 0 Å². The predicted molar refractivity (Wildman–Crippen MR) is 68.9 cm³/mol. The van der Waals surface area contributed by atoms with Crippen LogP contribution >= 0.6 is 11.6 Å². The highest BCUT2D eigenvalue weighted by Gasteiger charge is 2.13. The van der Waals surface area contributed by atoms with Crippen LogP contribution in [0.2, 0.25) is 5.02 Å². The lowest BCUT2D eigenvalue weighted by molar-refractivity contribution is -0.384. The van der Waals surface area contributed by atoms with Crippen molar-refractivity contribution in [2.45, 2.75) is 6.42 Å². The Balaban J connectivity index is 2.03. The van der Waals surface area contributed by atoms with Crippen molar-refractivity contribution < 1.29 is 4.92 Å². The zero-order valence-corrected chi connectivity index (χ0v) is 10.1. The average molecular weight is 267 g/mol. The highest BCUT2D eigenvalue weighted by molar-refractivity contribution is 6.31. The summed E-state index contributed by atoms with van der Waals surface area (Å²) in [6.45, 7) is 0.536. The number of anilines is 1. The number of rotatable bonds is 5. The maximum atomic E-state index is 10.8. The average Bonchev–Trinajstić information content (AvgIpc) is 2.82. The standard InChI is InChI=1S/C11H11ClN4O2/c12-8-1-2-10(16(17)18)9(7-8)13-4-3-11-14-5-6-15-11/h1-2,5-7,13H,3-4H2,(H,14,15). The molecule has 0 aliphatic heterocycles. The number of H-pyrrole nitrogens is 1. The molecule has 1 aromatic heterocycles. The Hall–Kier alpha value is -2.08. The van der Waals surface area contributed by atoms with Crippen LogP contribution in [-0.2, 0) is 6.42 Å². The third kappa shape index (κ3) is 2.98. The highest BCUT2D eigenvalue weighted by Crippen LogP contribution is 2.27. The summed E-state index contributed by atoms with van der Waals surface area (Å²) in [4.78, 5) is 17.4. The zero-order chi connectivity index (χ0) is 13.0. The van der Waals surface area contributed by atoms with Gasteiger partial charge >= 0.3 is 0 Å². The third-order valence-corrected chi connectivity index (χ3v) is 2.62. The number of halogens is 1. The zero-order valence-electron chi connectivity index (χ0n) is 9.39. The first kappa shape index (κ1) is 12.4. The molecule has 1 aromatic carbocycles. The molecule has 0 aliphatic carbocycles. The molecule has 18 heavy (non-hydrogen) atoms. The molecular weight excluding hydrogens is 256 g/mol. The van der Waals surface area contributed by atoms with E-state index in [-0.39, 0.29) is 5.69 Å². The topological polar surface area (TPSA) is 83.8 Å². The Labute approximate surface area is 108 Å². The second-order valence-corrected chi connectivity index (χ2v) is 4.07. The number of nitro benzene ring substituents is 1. The Morgan fingerprint density at radius 2 is 2.33 bits per heavy atom. The van der Waals surface area contributed by atoms with Gasteiger partial charge in [0.25, 0.3) is 5.69 Å². The number of nitro groups is 1. The first-order valence-electron chi connectivity index (χ1n) is 5.33. The van der Waals surface area contributed by atoms with E-state index < -0.39 is 4.92 Å². The lowest BCUT2D eigenvalue weighted by atomic mass is 10.2. The van der Waals surface area contributed by atoms with E-state index in [0.29, 0.717) is 23.7 Å². The van der Waals surface area contributed by atoms with Gasteiger partial charge in [0.15, 0.2) is 0 Å². The molecule has 0 atom stereocenters. The van der Waals surface area contributed by atoms with Crippen LogP contribution in [0.1, 0.15) is 5.82 Å². The summed E-state index contributed by atoms with van der Waals surface area (Å²) in [6.07, 6.45) is 4.05. The lowest BCUT2D eigenvalue weighted by Crippen LogP contribution is -2.07. The van der Waals surface area contributed by atoms with Crippen LogP contribution in [0.15, 0.2) is 30.6 Å². The number of imidazole rings is 1. The van der Waals surface area contributed by atoms with Crippen molar-refractivity contribution in [1.82, 2.24) is 9.97 Å². The molecule has 0 amide bonds. The monoisotopic (exact) mass is 266 g/mol. The Morgan fingerprint density at radius 3 is 3.00 bits per heavy atom. The van der Waals surface area contributed by atoms with Gasteiger partial charge in [0.05, 0.1) is 4.92 Å². The van der Waals surface area contributed by atoms with E-state index in [1.807, 2.05) is 0 Å². The molecule has 0 radical (unpaired) electrons. The van der Waals surface area contributed by atoms with Gasteiger partial charge in [-0.05, 0) is 12.1 Å². The fraction of sp³-hybridized carbons (Fsp3) is 0.182. The summed E-state index contributed by atoms with van der Waals surface area (Å²) in [6, 6.07) is 4.43. The van der Waals surface area contributed by atoms with Gasteiger partial charge < -0.3 is 10.3 Å². The third-order valence-electron chi connectivity index (χ3n) is 2.39. The summed E-state index contributed by atoms with van der Waals surface area (Å²) in [5.41, 5.74) is 0.429. The van der Waals surface area contributed by atoms with Crippen LogP contribution in [0.5, 0.6) is 0 Å². The van der Waals surface area contributed by atoms with Crippen LogP contribution in [-0.4, -0.2) is 21.4 Å². The van der Waals surface area contributed by atoms with Gasteiger partial charge in [-0.2, -0.15) is 0 Å². The fourth-order valence-corrected chi connectivity index (χ4v) is 1.73. The van der Waals surface area contributed by atoms with Crippen molar-refractivity contribution in [3.05, 3.63) is 51.6 Å². The number of aromatic nitrogens is 2. The van der Waals surface area contributed by atoms with Gasteiger partial charge in [0, 0.05) is 36.4 Å². The van der Waals surface area contributed by atoms with E-state index in [0.717, 1.165) is 5.82 Å². The number of aromatic amines is 1. The molecule has 0 spiro atoms. The van der Waals surface area contributed by atoms with Crippen LogP contribution in [0, 0.1) is 10.1 Å². The molecule has 0 saturated carbocycles. The van der Waals surface area contributed by atoms with E-state index >= 15 is 0 Å². The van der Waals surface area contributed by atoms with Crippen LogP contribution in [0.25, 0.3) is 0 Å². The molecule has 1 heterocycles. The van der Waals surface area contributed by atoms with E-state index in [4.69, 9.17) is 11.6 Å². The van der Waals surface area contributed by atoms with Gasteiger partial charge in [-0.15, -0.1) is 0 Å². The predicted octanol–water partition coefficient (Wildman–Crippen LogP) is 2.63.